The van der Waals surface area contributed by atoms with Gasteiger partial charge in [-0.25, -0.2) is 5.43 Å². The molecule has 132 valence electrons. The molecule has 1 amide bonds. The highest BCUT2D eigenvalue weighted by atomic mass is 19.4. The van der Waals surface area contributed by atoms with E-state index in [2.05, 4.69) is 10.5 Å². The Morgan fingerprint density at radius 3 is 2.48 bits per heavy atom. The predicted octanol–water partition coefficient (Wildman–Crippen LogP) is 3.85. The summed E-state index contributed by atoms with van der Waals surface area (Å²) in [7, 11) is 0. The van der Waals surface area contributed by atoms with Crippen LogP contribution in [0.15, 0.2) is 47.6 Å². The Balaban J connectivity index is 1.88. The van der Waals surface area contributed by atoms with Crippen molar-refractivity contribution in [2.45, 2.75) is 20.0 Å². The average Bonchev–Trinajstić information content (AvgIpc) is 2.51. The molecule has 2 rings (SSSR count). The average molecular weight is 350 g/mol. The second-order valence-corrected chi connectivity index (χ2v) is 5.53. The summed E-state index contributed by atoms with van der Waals surface area (Å²) in [5, 5.41) is 3.64. The molecule has 0 aliphatic heterocycles. The number of nitrogens with one attached hydrogen (secondary N) is 1. The van der Waals surface area contributed by atoms with E-state index in [1.807, 2.05) is 19.9 Å². The third-order valence-electron chi connectivity index (χ3n) is 3.18. The van der Waals surface area contributed by atoms with Crippen LogP contribution < -0.4 is 10.2 Å². The van der Waals surface area contributed by atoms with Crippen LogP contribution >= 0.6 is 0 Å². The molecule has 0 saturated heterocycles. The zero-order valence-corrected chi connectivity index (χ0v) is 13.7. The van der Waals surface area contributed by atoms with Crippen molar-refractivity contribution in [3.8, 4) is 5.75 Å². The summed E-state index contributed by atoms with van der Waals surface area (Å²) in [5.41, 5.74) is 3.69. The minimum absolute atomic E-state index is 0.227. The maximum Gasteiger partial charge on any atom is 0.416 e. The van der Waals surface area contributed by atoms with Gasteiger partial charge in [-0.2, -0.15) is 18.3 Å². The van der Waals surface area contributed by atoms with Crippen LogP contribution in [0.3, 0.4) is 0 Å². The summed E-state index contributed by atoms with van der Waals surface area (Å²) in [5.74, 6) is 0.0527. The zero-order chi connectivity index (χ0) is 18.4. The van der Waals surface area contributed by atoms with Crippen LogP contribution in [-0.4, -0.2) is 18.7 Å². The number of hydrogen-bond donors (Lipinski definition) is 1. The minimum Gasteiger partial charge on any atom is -0.484 e. The van der Waals surface area contributed by atoms with Crippen LogP contribution in [0, 0.1) is 13.8 Å². The van der Waals surface area contributed by atoms with Gasteiger partial charge in [0.25, 0.3) is 5.91 Å². The van der Waals surface area contributed by atoms with E-state index in [4.69, 9.17) is 4.74 Å². The van der Waals surface area contributed by atoms with Crippen molar-refractivity contribution in [3.05, 3.63) is 64.7 Å². The summed E-state index contributed by atoms with van der Waals surface area (Å²) >= 11 is 0. The number of alkyl halides is 3. The summed E-state index contributed by atoms with van der Waals surface area (Å²) in [6.45, 7) is 3.58. The number of amides is 1. The predicted molar refractivity (Wildman–Crippen MR) is 88.6 cm³/mol. The van der Waals surface area contributed by atoms with Gasteiger partial charge in [0, 0.05) is 0 Å². The lowest BCUT2D eigenvalue weighted by Crippen LogP contribution is -2.24. The van der Waals surface area contributed by atoms with Gasteiger partial charge in [-0.3, -0.25) is 4.79 Å². The Kier molecular flexibility index (Phi) is 5.80. The van der Waals surface area contributed by atoms with Crippen molar-refractivity contribution in [1.29, 1.82) is 0 Å². The topological polar surface area (TPSA) is 50.7 Å². The first kappa shape index (κ1) is 18.5. The van der Waals surface area contributed by atoms with Crippen molar-refractivity contribution in [2.75, 3.05) is 6.61 Å². The zero-order valence-electron chi connectivity index (χ0n) is 13.7. The van der Waals surface area contributed by atoms with Gasteiger partial charge in [0.05, 0.1) is 11.8 Å². The van der Waals surface area contributed by atoms with Crippen molar-refractivity contribution in [3.63, 3.8) is 0 Å². The van der Waals surface area contributed by atoms with Gasteiger partial charge >= 0.3 is 6.18 Å². The monoisotopic (exact) mass is 350 g/mol. The van der Waals surface area contributed by atoms with E-state index in [0.717, 1.165) is 29.5 Å². The standard InChI is InChI=1S/C18H17F3N2O2/c1-12-6-13(2)8-16(7-12)25-11-17(24)23-22-10-14-4-3-5-15(9-14)18(19,20)21/h3-10H,11H2,1-2H3,(H,23,24). The van der Waals surface area contributed by atoms with Crippen molar-refractivity contribution < 1.29 is 22.7 Å². The smallest absolute Gasteiger partial charge is 0.416 e. The van der Waals surface area contributed by atoms with Gasteiger partial charge in [0.2, 0.25) is 0 Å². The van der Waals surface area contributed by atoms with Gasteiger partial charge in [-0.05, 0) is 54.8 Å². The molecule has 1 N–H and O–H groups in total. The lowest BCUT2D eigenvalue weighted by molar-refractivity contribution is -0.137. The number of hydrogen-bond acceptors (Lipinski definition) is 3. The molecule has 0 heterocycles. The van der Waals surface area contributed by atoms with E-state index in [0.29, 0.717) is 5.75 Å². The molecule has 4 nitrogen and oxygen atoms in total. The third kappa shape index (κ3) is 5.95. The van der Waals surface area contributed by atoms with E-state index in [1.165, 1.54) is 12.1 Å². The number of halogens is 3. The first-order valence-corrected chi connectivity index (χ1v) is 7.44. The number of ether oxygens (including phenoxy) is 1. The Bertz CT molecular complexity index is 766. The SMILES string of the molecule is Cc1cc(C)cc(OCC(=O)NN=Cc2cccc(C(F)(F)F)c2)c1. The first-order chi connectivity index (χ1) is 11.7. The fourth-order valence-electron chi connectivity index (χ4n) is 2.17. The molecular weight excluding hydrogens is 333 g/mol. The Morgan fingerprint density at radius 1 is 1.16 bits per heavy atom. The largest absolute Gasteiger partial charge is 0.484 e. The maximum atomic E-state index is 12.6. The van der Waals surface area contributed by atoms with Gasteiger partial charge in [-0.1, -0.05) is 18.2 Å². The Hall–Kier alpha value is -2.83. The van der Waals surface area contributed by atoms with Crippen LogP contribution in [0.2, 0.25) is 0 Å². The quantitative estimate of drug-likeness (QED) is 0.658. The minimum atomic E-state index is -4.42. The van der Waals surface area contributed by atoms with Crippen LogP contribution in [0.1, 0.15) is 22.3 Å². The van der Waals surface area contributed by atoms with Crippen molar-refractivity contribution in [1.82, 2.24) is 5.43 Å². The highest BCUT2D eigenvalue weighted by Gasteiger charge is 2.30. The maximum absolute atomic E-state index is 12.6. The second kappa shape index (κ2) is 7.83. The lowest BCUT2D eigenvalue weighted by Gasteiger charge is -2.07. The molecule has 2 aromatic rings. The van der Waals surface area contributed by atoms with Crippen molar-refractivity contribution >= 4 is 12.1 Å². The summed E-state index contributed by atoms with van der Waals surface area (Å²) in [6, 6.07) is 10.2. The van der Waals surface area contributed by atoms with Gasteiger partial charge in [0.1, 0.15) is 5.75 Å². The number of nitrogens with zero attached hydrogens (tertiary/aromatic N) is 1. The summed E-state index contributed by atoms with van der Waals surface area (Å²) in [4.78, 5) is 11.7. The fourth-order valence-corrected chi connectivity index (χ4v) is 2.17. The molecule has 0 spiro atoms. The molecule has 0 radical (unpaired) electrons. The van der Waals surface area contributed by atoms with E-state index < -0.39 is 17.6 Å². The molecule has 25 heavy (non-hydrogen) atoms. The molecular formula is C18H17F3N2O2. The number of carbonyl (C=O) groups is 1. The van der Waals surface area contributed by atoms with Gasteiger partial charge < -0.3 is 4.74 Å². The molecule has 0 aliphatic rings. The summed E-state index contributed by atoms with van der Waals surface area (Å²) < 4.78 is 43.2. The van der Waals surface area contributed by atoms with E-state index in [-0.39, 0.29) is 12.2 Å². The molecule has 0 aromatic heterocycles. The third-order valence-corrected chi connectivity index (χ3v) is 3.18. The number of aryl methyl sites for hydroxylation is 2. The second-order valence-electron chi connectivity index (χ2n) is 5.53. The molecule has 7 heteroatoms. The number of carbonyl (C=O) groups excluding carboxylic acids is 1. The van der Waals surface area contributed by atoms with E-state index in [1.54, 1.807) is 12.1 Å². The fraction of sp³-hybridized carbons (Fsp3) is 0.222. The van der Waals surface area contributed by atoms with Gasteiger partial charge in [-0.15, -0.1) is 0 Å². The highest BCUT2D eigenvalue weighted by molar-refractivity contribution is 5.83. The van der Waals surface area contributed by atoms with Crippen molar-refractivity contribution in [2.24, 2.45) is 5.10 Å². The van der Waals surface area contributed by atoms with E-state index in [9.17, 15) is 18.0 Å². The summed E-state index contributed by atoms with van der Waals surface area (Å²) in [6.07, 6.45) is -3.28. The first-order valence-electron chi connectivity index (χ1n) is 7.44. The Morgan fingerprint density at radius 2 is 1.84 bits per heavy atom. The van der Waals surface area contributed by atoms with Gasteiger partial charge in [0.15, 0.2) is 6.61 Å². The molecule has 0 aliphatic carbocycles. The van der Waals surface area contributed by atoms with Crippen LogP contribution in [0.4, 0.5) is 13.2 Å². The van der Waals surface area contributed by atoms with Crippen LogP contribution in [0.5, 0.6) is 5.75 Å². The van der Waals surface area contributed by atoms with Crippen LogP contribution in [0.25, 0.3) is 0 Å². The van der Waals surface area contributed by atoms with E-state index >= 15 is 0 Å². The van der Waals surface area contributed by atoms with Crippen LogP contribution in [-0.2, 0) is 11.0 Å². The molecule has 0 saturated carbocycles. The molecule has 0 fully saturated rings. The molecule has 2 aromatic carbocycles. The number of benzene rings is 2. The number of rotatable bonds is 5. The molecule has 0 unspecified atom stereocenters. The normalized spacial score (nSPS) is 11.6. The molecule has 0 atom stereocenters. The Labute approximate surface area is 143 Å². The number of hydrazone groups is 1. The highest BCUT2D eigenvalue weighted by Crippen LogP contribution is 2.29. The molecule has 0 bridgehead atoms. The lowest BCUT2D eigenvalue weighted by atomic mass is 10.1.